The van der Waals surface area contributed by atoms with E-state index in [1.807, 2.05) is 23.9 Å². The number of aryl methyl sites for hydroxylation is 1. The van der Waals surface area contributed by atoms with Gasteiger partial charge in [-0.25, -0.2) is 13.1 Å². The van der Waals surface area contributed by atoms with Crippen molar-refractivity contribution in [2.24, 2.45) is 0 Å². The quantitative estimate of drug-likeness (QED) is 0.859. The van der Waals surface area contributed by atoms with Crippen molar-refractivity contribution in [3.05, 3.63) is 28.9 Å². The van der Waals surface area contributed by atoms with Crippen LogP contribution in [0.3, 0.4) is 0 Å². The van der Waals surface area contributed by atoms with Gasteiger partial charge in [-0.3, -0.25) is 0 Å². The third kappa shape index (κ3) is 2.31. The van der Waals surface area contributed by atoms with Crippen LogP contribution in [0.1, 0.15) is 35.4 Å². The zero-order chi connectivity index (χ0) is 14.6. The maximum absolute atomic E-state index is 12.4. The van der Waals surface area contributed by atoms with Gasteiger partial charge in [0.25, 0.3) is 10.0 Å². The second kappa shape index (κ2) is 4.62. The topological polar surface area (TPSA) is 68.1 Å². The van der Waals surface area contributed by atoms with Gasteiger partial charge in [-0.05, 0) is 31.9 Å². The number of sulfonamides is 1. The average molecular weight is 324 g/mol. The highest BCUT2D eigenvalue weighted by atomic mass is 32.2. The Morgan fingerprint density at radius 1 is 1.29 bits per heavy atom. The highest BCUT2D eigenvalue weighted by Gasteiger charge is 2.39. The van der Waals surface area contributed by atoms with Crippen LogP contribution in [0.5, 0.6) is 0 Å². The minimum Gasteiger partial charge on any atom is -0.247 e. The molecular weight excluding hydrogens is 308 g/mol. The maximum atomic E-state index is 12.4. The van der Waals surface area contributed by atoms with Gasteiger partial charge in [-0.1, -0.05) is 5.21 Å². The summed E-state index contributed by atoms with van der Waals surface area (Å²) in [5, 5.41) is 8.32. The van der Waals surface area contributed by atoms with Crippen LogP contribution in [0, 0.1) is 6.92 Å². The standard InChI is InChI=1S/C13H16N4O2S2/c1-9-2-5-13(20-9)21(18,19)16-6-11(7-16)17-8-12(14-15-17)10-3-4-10/h2,5,8,10-11H,3-4,6-7H2,1H3. The third-order valence-electron chi connectivity index (χ3n) is 4.04. The summed E-state index contributed by atoms with van der Waals surface area (Å²) in [6.07, 6.45) is 4.37. The summed E-state index contributed by atoms with van der Waals surface area (Å²) < 4.78 is 28.6. The minimum atomic E-state index is -3.33. The molecule has 2 fully saturated rings. The van der Waals surface area contributed by atoms with Gasteiger partial charge >= 0.3 is 0 Å². The van der Waals surface area contributed by atoms with Crippen LogP contribution in [0.2, 0.25) is 0 Å². The summed E-state index contributed by atoms with van der Waals surface area (Å²) in [6.45, 7) is 2.87. The van der Waals surface area contributed by atoms with E-state index < -0.39 is 10.0 Å². The first kappa shape index (κ1) is 13.4. The van der Waals surface area contributed by atoms with Gasteiger partial charge < -0.3 is 0 Å². The molecule has 0 amide bonds. The van der Waals surface area contributed by atoms with E-state index in [0.717, 1.165) is 10.6 Å². The van der Waals surface area contributed by atoms with Crippen molar-refractivity contribution in [3.8, 4) is 0 Å². The molecule has 0 spiro atoms. The minimum absolute atomic E-state index is 0.112. The van der Waals surface area contributed by atoms with E-state index in [2.05, 4.69) is 10.3 Å². The van der Waals surface area contributed by atoms with Crippen molar-refractivity contribution in [1.29, 1.82) is 0 Å². The van der Waals surface area contributed by atoms with Crippen LogP contribution < -0.4 is 0 Å². The van der Waals surface area contributed by atoms with Gasteiger partial charge in [0.1, 0.15) is 4.21 Å². The summed E-state index contributed by atoms with van der Waals surface area (Å²) in [6, 6.07) is 3.64. The Labute approximate surface area is 127 Å². The van der Waals surface area contributed by atoms with Crippen molar-refractivity contribution in [3.63, 3.8) is 0 Å². The van der Waals surface area contributed by atoms with E-state index in [4.69, 9.17) is 0 Å². The monoisotopic (exact) mass is 324 g/mol. The van der Waals surface area contributed by atoms with E-state index in [1.54, 1.807) is 6.07 Å². The molecule has 112 valence electrons. The molecule has 21 heavy (non-hydrogen) atoms. The molecule has 1 aliphatic heterocycles. The molecule has 0 unspecified atom stereocenters. The first-order valence-electron chi connectivity index (χ1n) is 7.02. The van der Waals surface area contributed by atoms with E-state index in [0.29, 0.717) is 23.2 Å². The predicted octanol–water partition coefficient (Wildman–Crippen LogP) is 1.77. The summed E-state index contributed by atoms with van der Waals surface area (Å²) in [4.78, 5) is 1.01. The summed E-state index contributed by atoms with van der Waals surface area (Å²) in [7, 11) is -3.33. The van der Waals surface area contributed by atoms with Gasteiger partial charge in [0.15, 0.2) is 0 Å². The Morgan fingerprint density at radius 3 is 2.67 bits per heavy atom. The van der Waals surface area contributed by atoms with Gasteiger partial charge in [0.2, 0.25) is 0 Å². The normalized spacial score (nSPS) is 20.6. The summed E-state index contributed by atoms with van der Waals surface area (Å²) >= 11 is 1.32. The van der Waals surface area contributed by atoms with Crippen molar-refractivity contribution < 1.29 is 8.42 Å². The van der Waals surface area contributed by atoms with Crippen molar-refractivity contribution in [2.45, 2.75) is 35.9 Å². The molecule has 0 aromatic carbocycles. The summed E-state index contributed by atoms with van der Waals surface area (Å²) in [5.74, 6) is 0.577. The van der Waals surface area contributed by atoms with Crippen LogP contribution in [-0.2, 0) is 10.0 Å². The highest BCUT2D eigenvalue weighted by molar-refractivity contribution is 7.91. The molecule has 4 rings (SSSR count). The van der Waals surface area contributed by atoms with Crippen LogP contribution in [0.4, 0.5) is 0 Å². The van der Waals surface area contributed by atoms with Crippen molar-refractivity contribution in [1.82, 2.24) is 19.3 Å². The molecule has 1 saturated carbocycles. The first-order valence-corrected chi connectivity index (χ1v) is 9.28. The fourth-order valence-corrected chi connectivity index (χ4v) is 5.45. The van der Waals surface area contributed by atoms with Gasteiger partial charge in [0, 0.05) is 30.1 Å². The molecular formula is C13H16N4O2S2. The Kier molecular flexibility index (Phi) is 2.95. The van der Waals surface area contributed by atoms with Gasteiger partial charge in [-0.15, -0.1) is 16.4 Å². The lowest BCUT2D eigenvalue weighted by Gasteiger charge is -2.37. The lowest BCUT2D eigenvalue weighted by atomic mass is 10.2. The lowest BCUT2D eigenvalue weighted by Crippen LogP contribution is -2.50. The fourth-order valence-electron chi connectivity index (χ4n) is 2.49. The Morgan fingerprint density at radius 2 is 2.05 bits per heavy atom. The highest BCUT2D eigenvalue weighted by Crippen LogP contribution is 2.39. The molecule has 1 saturated heterocycles. The number of hydrogen-bond donors (Lipinski definition) is 0. The molecule has 8 heteroatoms. The molecule has 2 aromatic rings. The van der Waals surface area contributed by atoms with E-state index >= 15 is 0 Å². The second-order valence-corrected chi connectivity index (χ2v) is 9.19. The van der Waals surface area contributed by atoms with E-state index in [-0.39, 0.29) is 6.04 Å². The van der Waals surface area contributed by atoms with Gasteiger partial charge in [-0.2, -0.15) is 4.31 Å². The number of nitrogens with zero attached hydrogens (tertiary/aromatic N) is 4. The molecule has 0 N–H and O–H groups in total. The predicted molar refractivity (Wildman–Crippen MR) is 78.8 cm³/mol. The maximum Gasteiger partial charge on any atom is 0.252 e. The Balaban J connectivity index is 1.46. The molecule has 1 aliphatic carbocycles. The number of thiophene rings is 1. The third-order valence-corrected chi connectivity index (χ3v) is 7.34. The van der Waals surface area contributed by atoms with Crippen LogP contribution in [-0.4, -0.2) is 40.8 Å². The van der Waals surface area contributed by atoms with Crippen LogP contribution in [0.25, 0.3) is 0 Å². The zero-order valence-corrected chi connectivity index (χ0v) is 13.3. The molecule has 0 bridgehead atoms. The first-order chi connectivity index (χ1) is 10.0. The fraction of sp³-hybridized carbons (Fsp3) is 0.538. The molecule has 2 aliphatic rings. The van der Waals surface area contributed by atoms with Gasteiger partial charge in [0.05, 0.1) is 11.7 Å². The Hall–Kier alpha value is -1.25. The molecule has 2 aromatic heterocycles. The smallest absolute Gasteiger partial charge is 0.247 e. The largest absolute Gasteiger partial charge is 0.252 e. The van der Waals surface area contributed by atoms with Crippen molar-refractivity contribution in [2.75, 3.05) is 13.1 Å². The summed E-state index contributed by atoms with van der Waals surface area (Å²) in [5.41, 5.74) is 1.05. The van der Waals surface area contributed by atoms with E-state index in [1.165, 1.54) is 28.5 Å². The Bertz CT molecular complexity index is 770. The zero-order valence-electron chi connectivity index (χ0n) is 11.6. The molecule has 0 atom stereocenters. The molecule has 0 radical (unpaired) electrons. The molecule has 6 nitrogen and oxygen atoms in total. The van der Waals surface area contributed by atoms with Crippen LogP contribution >= 0.6 is 11.3 Å². The number of rotatable bonds is 4. The second-order valence-electron chi connectivity index (χ2n) is 5.74. The van der Waals surface area contributed by atoms with Crippen LogP contribution in [0.15, 0.2) is 22.5 Å². The van der Waals surface area contributed by atoms with Crippen molar-refractivity contribution >= 4 is 21.4 Å². The SMILES string of the molecule is Cc1ccc(S(=O)(=O)N2CC(n3cc(C4CC4)nn3)C2)s1. The average Bonchev–Trinajstić information content (AvgIpc) is 2.95. The number of aromatic nitrogens is 3. The lowest BCUT2D eigenvalue weighted by molar-refractivity contribution is 0.189. The number of hydrogen-bond acceptors (Lipinski definition) is 5. The van der Waals surface area contributed by atoms with E-state index in [9.17, 15) is 8.42 Å². The molecule has 3 heterocycles.